The molecule has 1 unspecified atom stereocenters. The molecule has 0 aromatic carbocycles. The van der Waals surface area contributed by atoms with Crippen LogP contribution in [0.25, 0.3) is 0 Å². The van der Waals surface area contributed by atoms with Crippen molar-refractivity contribution in [3.63, 3.8) is 0 Å². The molecular weight excluding hydrogens is 300 g/mol. The molecule has 0 bridgehead atoms. The first-order chi connectivity index (χ1) is 8.16. The summed E-state index contributed by atoms with van der Waals surface area (Å²) in [6.45, 7) is 4.71. The third-order valence-corrected chi connectivity index (χ3v) is 4.92. The van der Waals surface area contributed by atoms with Crippen molar-refractivity contribution in [3.05, 3.63) is 20.8 Å². The third-order valence-electron chi connectivity index (χ3n) is 3.23. The van der Waals surface area contributed by atoms with Crippen LogP contribution in [0, 0.1) is 11.8 Å². The van der Waals surface area contributed by atoms with Gasteiger partial charge in [-0.2, -0.15) is 0 Å². The van der Waals surface area contributed by atoms with Gasteiger partial charge >= 0.3 is 0 Å². The lowest BCUT2D eigenvalue weighted by Gasteiger charge is -2.31. The maximum Gasteiger partial charge on any atom is 0.223 e. The fourth-order valence-electron chi connectivity index (χ4n) is 1.83. The second-order valence-corrected chi connectivity index (χ2v) is 7.00. The minimum Gasteiger partial charge on any atom is -0.355 e. The lowest BCUT2D eigenvalue weighted by molar-refractivity contribution is -0.126. The van der Waals surface area contributed by atoms with Gasteiger partial charge < -0.3 is 10.6 Å². The van der Waals surface area contributed by atoms with Gasteiger partial charge in [-0.3, -0.25) is 4.79 Å². The zero-order valence-electron chi connectivity index (χ0n) is 9.83. The van der Waals surface area contributed by atoms with Gasteiger partial charge in [-0.05, 0) is 53.5 Å². The molecule has 2 N–H and O–H groups in total. The fourth-order valence-corrected chi connectivity index (χ4v) is 3.32. The van der Waals surface area contributed by atoms with E-state index >= 15 is 0 Å². The summed E-state index contributed by atoms with van der Waals surface area (Å²) in [5.74, 6) is 0.837. The van der Waals surface area contributed by atoms with Crippen molar-refractivity contribution in [2.24, 2.45) is 11.8 Å². The lowest BCUT2D eigenvalue weighted by Crippen LogP contribution is -2.49. The topological polar surface area (TPSA) is 41.1 Å². The molecule has 1 aromatic heterocycles. The van der Waals surface area contributed by atoms with Gasteiger partial charge in [0, 0.05) is 17.3 Å². The second-order valence-electron chi connectivity index (χ2n) is 4.45. The number of rotatable bonds is 5. The first-order valence-corrected chi connectivity index (χ1v) is 7.50. The molecule has 1 saturated heterocycles. The van der Waals surface area contributed by atoms with Gasteiger partial charge in [-0.15, -0.1) is 11.3 Å². The van der Waals surface area contributed by atoms with Gasteiger partial charge in [0.2, 0.25) is 5.91 Å². The van der Waals surface area contributed by atoms with Crippen LogP contribution < -0.4 is 10.6 Å². The number of carbonyl (C=O) groups is 1. The number of amides is 1. The van der Waals surface area contributed by atoms with Crippen molar-refractivity contribution in [3.8, 4) is 0 Å². The van der Waals surface area contributed by atoms with Crippen LogP contribution in [0.2, 0.25) is 0 Å². The Morgan fingerprint density at radius 3 is 2.94 bits per heavy atom. The van der Waals surface area contributed by atoms with Gasteiger partial charge in [0.15, 0.2) is 0 Å². The molecule has 2 heterocycles. The normalized spacial score (nSPS) is 17.5. The van der Waals surface area contributed by atoms with E-state index < -0.39 is 0 Å². The molecule has 3 nitrogen and oxygen atoms in total. The monoisotopic (exact) mass is 316 g/mol. The van der Waals surface area contributed by atoms with E-state index in [1.54, 1.807) is 11.3 Å². The van der Waals surface area contributed by atoms with E-state index in [4.69, 9.17) is 0 Å². The number of nitrogens with one attached hydrogen (secondary N) is 2. The Morgan fingerprint density at radius 2 is 2.41 bits per heavy atom. The molecule has 0 aliphatic carbocycles. The van der Waals surface area contributed by atoms with Crippen LogP contribution >= 0.6 is 27.3 Å². The molecule has 2 rings (SSSR count). The van der Waals surface area contributed by atoms with Gasteiger partial charge in [0.1, 0.15) is 0 Å². The molecule has 5 heteroatoms. The Kier molecular flexibility index (Phi) is 4.59. The van der Waals surface area contributed by atoms with E-state index in [0.717, 1.165) is 29.8 Å². The molecule has 0 radical (unpaired) electrons. The van der Waals surface area contributed by atoms with Crippen LogP contribution in [-0.2, 0) is 11.2 Å². The average Bonchev–Trinajstić information content (AvgIpc) is 2.61. The Hall–Kier alpha value is -0.390. The standard InChI is InChI=1S/C12H17BrN2OS/c1-8(9-6-14-7-9)12(16)15-5-4-10-2-3-11(13)17-10/h2-3,8-9,14H,4-7H2,1H3,(H,15,16). The van der Waals surface area contributed by atoms with Crippen molar-refractivity contribution in [1.82, 2.24) is 10.6 Å². The first-order valence-electron chi connectivity index (χ1n) is 5.89. The molecule has 0 saturated carbocycles. The van der Waals surface area contributed by atoms with Gasteiger partial charge in [0.25, 0.3) is 0 Å². The smallest absolute Gasteiger partial charge is 0.223 e. The third kappa shape index (κ3) is 3.53. The van der Waals surface area contributed by atoms with E-state index in [0.29, 0.717) is 5.92 Å². The van der Waals surface area contributed by atoms with Crippen LogP contribution in [0.15, 0.2) is 15.9 Å². The van der Waals surface area contributed by atoms with E-state index in [2.05, 4.69) is 32.6 Å². The van der Waals surface area contributed by atoms with E-state index in [1.807, 2.05) is 13.0 Å². The summed E-state index contributed by atoms with van der Waals surface area (Å²) < 4.78 is 1.15. The predicted octanol–water partition coefficient (Wildman–Crippen LogP) is 2.02. The van der Waals surface area contributed by atoms with Crippen molar-refractivity contribution in [2.75, 3.05) is 19.6 Å². The lowest BCUT2D eigenvalue weighted by atomic mass is 9.88. The molecule has 1 aliphatic heterocycles. The molecule has 1 fully saturated rings. The summed E-state index contributed by atoms with van der Waals surface area (Å²) in [5.41, 5.74) is 0. The Labute approximate surface area is 114 Å². The highest BCUT2D eigenvalue weighted by molar-refractivity contribution is 9.11. The van der Waals surface area contributed by atoms with Crippen LogP contribution in [0.5, 0.6) is 0 Å². The molecule has 0 spiro atoms. The van der Waals surface area contributed by atoms with Crippen LogP contribution in [-0.4, -0.2) is 25.5 Å². The minimum atomic E-state index is 0.131. The van der Waals surface area contributed by atoms with Gasteiger partial charge in [0.05, 0.1) is 3.79 Å². The molecule has 1 aliphatic rings. The van der Waals surface area contributed by atoms with E-state index in [1.165, 1.54) is 4.88 Å². The number of thiophene rings is 1. The largest absolute Gasteiger partial charge is 0.355 e. The van der Waals surface area contributed by atoms with E-state index in [-0.39, 0.29) is 11.8 Å². The van der Waals surface area contributed by atoms with Gasteiger partial charge in [-0.1, -0.05) is 6.92 Å². The molecule has 1 atom stereocenters. The Bertz CT molecular complexity index is 390. The highest BCUT2D eigenvalue weighted by Gasteiger charge is 2.28. The highest BCUT2D eigenvalue weighted by Crippen LogP contribution is 2.22. The number of hydrogen-bond donors (Lipinski definition) is 2. The number of carbonyl (C=O) groups excluding carboxylic acids is 1. The second kappa shape index (κ2) is 5.98. The van der Waals surface area contributed by atoms with Gasteiger partial charge in [-0.25, -0.2) is 0 Å². The molecular formula is C12H17BrN2OS. The fraction of sp³-hybridized carbons (Fsp3) is 0.583. The van der Waals surface area contributed by atoms with Crippen molar-refractivity contribution >= 4 is 33.2 Å². The SMILES string of the molecule is CC(C(=O)NCCc1ccc(Br)s1)C1CNC1. The molecule has 1 aromatic rings. The zero-order chi connectivity index (χ0) is 12.3. The quantitative estimate of drug-likeness (QED) is 0.872. The number of hydrogen-bond acceptors (Lipinski definition) is 3. The summed E-state index contributed by atoms with van der Waals surface area (Å²) in [7, 11) is 0. The van der Waals surface area contributed by atoms with Crippen molar-refractivity contribution < 1.29 is 4.79 Å². The first kappa shape index (κ1) is 13.1. The molecule has 17 heavy (non-hydrogen) atoms. The van der Waals surface area contributed by atoms with Crippen molar-refractivity contribution in [1.29, 1.82) is 0 Å². The van der Waals surface area contributed by atoms with Crippen LogP contribution in [0.3, 0.4) is 0 Å². The Balaban J connectivity index is 1.69. The zero-order valence-corrected chi connectivity index (χ0v) is 12.2. The van der Waals surface area contributed by atoms with Crippen LogP contribution in [0.4, 0.5) is 0 Å². The summed E-state index contributed by atoms with van der Waals surface area (Å²) >= 11 is 5.16. The maximum atomic E-state index is 11.8. The predicted molar refractivity (Wildman–Crippen MR) is 74.3 cm³/mol. The highest BCUT2D eigenvalue weighted by atomic mass is 79.9. The molecule has 1 amide bonds. The number of halogens is 1. The Morgan fingerprint density at radius 1 is 1.65 bits per heavy atom. The summed E-state index contributed by atoms with van der Waals surface area (Å²) in [4.78, 5) is 13.1. The average molecular weight is 317 g/mol. The summed E-state index contributed by atoms with van der Waals surface area (Å²) in [6, 6.07) is 4.14. The summed E-state index contributed by atoms with van der Waals surface area (Å²) in [6.07, 6.45) is 0.914. The summed E-state index contributed by atoms with van der Waals surface area (Å²) in [5, 5.41) is 6.21. The minimum absolute atomic E-state index is 0.131. The maximum absolute atomic E-state index is 11.8. The van der Waals surface area contributed by atoms with Crippen molar-refractivity contribution in [2.45, 2.75) is 13.3 Å². The van der Waals surface area contributed by atoms with E-state index in [9.17, 15) is 4.79 Å². The van der Waals surface area contributed by atoms with Crippen LogP contribution in [0.1, 0.15) is 11.8 Å². The molecule has 94 valence electrons.